The highest BCUT2D eigenvalue weighted by atomic mass is 16.6. The number of rotatable bonds is 6. The van der Waals surface area contributed by atoms with Crippen LogP contribution in [-0.4, -0.2) is 34.9 Å². The number of ether oxygens (including phenoxy) is 2. The zero-order valence-electron chi connectivity index (χ0n) is 17.2. The van der Waals surface area contributed by atoms with Crippen molar-refractivity contribution in [1.82, 2.24) is 5.32 Å². The van der Waals surface area contributed by atoms with Crippen molar-refractivity contribution in [1.29, 1.82) is 0 Å². The summed E-state index contributed by atoms with van der Waals surface area (Å²) in [5, 5.41) is 12.3. The van der Waals surface area contributed by atoms with E-state index in [1.54, 1.807) is 32.9 Å². The van der Waals surface area contributed by atoms with Crippen LogP contribution in [0.15, 0.2) is 48.5 Å². The van der Waals surface area contributed by atoms with Crippen molar-refractivity contribution in [3.8, 4) is 5.75 Å². The minimum Gasteiger partial charge on any atom is -0.508 e. The Morgan fingerprint density at radius 2 is 1.73 bits per heavy atom. The molecule has 4 N–H and O–H groups in total. The van der Waals surface area contributed by atoms with Gasteiger partial charge in [-0.3, -0.25) is 0 Å². The molecule has 2 rings (SSSR count). The van der Waals surface area contributed by atoms with Gasteiger partial charge in [-0.15, -0.1) is 0 Å². The van der Waals surface area contributed by atoms with Crippen LogP contribution in [0.1, 0.15) is 37.5 Å². The van der Waals surface area contributed by atoms with Crippen LogP contribution in [0.2, 0.25) is 0 Å². The summed E-state index contributed by atoms with van der Waals surface area (Å²) in [7, 11) is 0. The lowest BCUT2D eigenvalue weighted by Gasteiger charge is -2.23. The number of carbonyl (C=O) groups is 3. The predicted octanol–water partition coefficient (Wildman–Crippen LogP) is 3.04. The maximum absolute atomic E-state index is 12.4. The molecule has 0 unspecified atom stereocenters. The van der Waals surface area contributed by atoms with Gasteiger partial charge >= 0.3 is 18.2 Å². The van der Waals surface area contributed by atoms with Gasteiger partial charge in [0.2, 0.25) is 0 Å². The van der Waals surface area contributed by atoms with Gasteiger partial charge < -0.3 is 25.6 Å². The summed E-state index contributed by atoms with van der Waals surface area (Å²) >= 11 is 0. The highest BCUT2D eigenvalue weighted by Crippen LogP contribution is 2.22. The molecule has 2 aromatic rings. The molecule has 0 saturated heterocycles. The van der Waals surface area contributed by atoms with Crippen LogP contribution in [-0.2, 0) is 27.1 Å². The van der Waals surface area contributed by atoms with Gasteiger partial charge in [0, 0.05) is 6.42 Å². The van der Waals surface area contributed by atoms with Crippen LogP contribution >= 0.6 is 0 Å². The largest absolute Gasteiger partial charge is 0.508 e. The van der Waals surface area contributed by atoms with Gasteiger partial charge in [-0.2, -0.15) is 0 Å². The molecule has 0 heterocycles. The first kappa shape index (κ1) is 22.7. The van der Waals surface area contributed by atoms with Gasteiger partial charge in [0.15, 0.2) is 0 Å². The third-order valence-corrected chi connectivity index (χ3v) is 4.03. The molecule has 8 heteroatoms. The Hall–Kier alpha value is -3.55. The number of amides is 2. The number of phenolic OH excluding ortho intramolecular Hbond substituents is 1. The quantitative estimate of drug-likeness (QED) is 0.492. The minimum atomic E-state index is -1.27. The van der Waals surface area contributed by atoms with E-state index in [0.29, 0.717) is 12.0 Å². The summed E-state index contributed by atoms with van der Waals surface area (Å²) in [5.41, 5.74) is 6.61. The van der Waals surface area contributed by atoms with Crippen LogP contribution in [0, 0.1) is 0 Å². The summed E-state index contributed by atoms with van der Waals surface area (Å²) in [6.45, 7) is 5.05. The number of hydrogen-bond donors (Lipinski definition) is 3. The molecule has 160 valence electrons. The first-order chi connectivity index (χ1) is 14.0. The molecule has 0 fully saturated rings. The zero-order valence-corrected chi connectivity index (χ0v) is 17.2. The first-order valence-electron chi connectivity index (χ1n) is 9.39. The molecule has 8 nitrogen and oxygen atoms in total. The van der Waals surface area contributed by atoms with Gasteiger partial charge in [0.05, 0.1) is 0 Å². The van der Waals surface area contributed by atoms with E-state index in [4.69, 9.17) is 10.5 Å². The third-order valence-electron chi connectivity index (χ3n) is 4.03. The van der Waals surface area contributed by atoms with Crippen molar-refractivity contribution in [2.24, 2.45) is 5.73 Å². The second-order valence-corrected chi connectivity index (χ2v) is 7.76. The second-order valence-electron chi connectivity index (χ2n) is 7.76. The number of phenols is 1. The molecule has 0 spiro atoms. The SMILES string of the molecule is CC(C)(C)OC(=O)N[C@@H](Cc1ccc(O)cc1Cc1ccccc1)C(=O)OC(N)=O. The number of primary amides is 1. The number of hydrogen-bond acceptors (Lipinski definition) is 6. The van der Waals surface area contributed by atoms with E-state index in [0.717, 1.165) is 11.1 Å². The first-order valence-corrected chi connectivity index (χ1v) is 9.39. The number of carbonyl (C=O) groups excluding carboxylic acids is 3. The fourth-order valence-corrected chi connectivity index (χ4v) is 2.83. The maximum atomic E-state index is 12.4. The molecular formula is C22H26N2O6. The molecule has 0 radical (unpaired) electrons. The number of nitrogens with one attached hydrogen (secondary N) is 1. The van der Waals surface area contributed by atoms with E-state index in [-0.39, 0.29) is 12.2 Å². The maximum Gasteiger partial charge on any atom is 0.412 e. The summed E-state index contributed by atoms with van der Waals surface area (Å²) in [6.07, 6.45) is -1.61. The van der Waals surface area contributed by atoms with Gasteiger partial charge in [-0.1, -0.05) is 36.4 Å². The Morgan fingerprint density at radius 3 is 2.33 bits per heavy atom. The number of nitrogens with two attached hydrogens (primary N) is 1. The normalized spacial score (nSPS) is 12.0. The molecule has 1 atom stereocenters. The highest BCUT2D eigenvalue weighted by molar-refractivity contribution is 5.89. The topological polar surface area (TPSA) is 128 Å². The fraction of sp³-hybridized carbons (Fsp3) is 0.318. The van der Waals surface area contributed by atoms with E-state index in [1.807, 2.05) is 30.3 Å². The predicted molar refractivity (Wildman–Crippen MR) is 110 cm³/mol. The molecule has 2 amide bonds. The van der Waals surface area contributed by atoms with Crippen molar-refractivity contribution in [2.75, 3.05) is 0 Å². The van der Waals surface area contributed by atoms with E-state index < -0.39 is 29.8 Å². The van der Waals surface area contributed by atoms with Crippen molar-refractivity contribution < 1.29 is 29.0 Å². The lowest BCUT2D eigenvalue weighted by Crippen LogP contribution is -2.46. The molecule has 0 aliphatic carbocycles. The molecule has 0 saturated carbocycles. The summed E-state index contributed by atoms with van der Waals surface area (Å²) in [5.74, 6) is -0.937. The van der Waals surface area contributed by atoms with Crippen LogP contribution in [0.5, 0.6) is 5.75 Å². The summed E-state index contributed by atoms with van der Waals surface area (Å²) in [4.78, 5) is 35.6. The van der Waals surface area contributed by atoms with Gasteiger partial charge in [-0.05, 0) is 56.0 Å². The van der Waals surface area contributed by atoms with Crippen LogP contribution in [0.3, 0.4) is 0 Å². The van der Waals surface area contributed by atoms with E-state index in [2.05, 4.69) is 10.1 Å². The smallest absolute Gasteiger partial charge is 0.412 e. The van der Waals surface area contributed by atoms with Crippen molar-refractivity contribution in [3.05, 3.63) is 65.2 Å². The Balaban J connectivity index is 2.28. The fourth-order valence-electron chi connectivity index (χ4n) is 2.83. The molecular weight excluding hydrogens is 388 g/mol. The lowest BCUT2D eigenvalue weighted by molar-refractivity contribution is -0.139. The Morgan fingerprint density at radius 1 is 1.07 bits per heavy atom. The lowest BCUT2D eigenvalue weighted by atomic mass is 9.95. The van der Waals surface area contributed by atoms with E-state index >= 15 is 0 Å². The van der Waals surface area contributed by atoms with E-state index in [9.17, 15) is 19.5 Å². The van der Waals surface area contributed by atoms with Crippen molar-refractivity contribution >= 4 is 18.2 Å². The van der Waals surface area contributed by atoms with Gasteiger partial charge in [0.25, 0.3) is 0 Å². The summed E-state index contributed by atoms with van der Waals surface area (Å²) < 4.78 is 9.67. The molecule has 0 aromatic heterocycles. The molecule has 0 aliphatic rings. The summed E-state index contributed by atoms with van der Waals surface area (Å²) in [6, 6.07) is 13.1. The van der Waals surface area contributed by atoms with Crippen molar-refractivity contribution in [2.45, 2.75) is 45.3 Å². The minimum absolute atomic E-state index is 0.00774. The third kappa shape index (κ3) is 7.46. The zero-order chi connectivity index (χ0) is 22.3. The number of benzene rings is 2. The Bertz CT molecular complexity index is 906. The second kappa shape index (κ2) is 9.78. The van der Waals surface area contributed by atoms with Gasteiger partial charge in [0.1, 0.15) is 17.4 Å². The van der Waals surface area contributed by atoms with E-state index in [1.165, 1.54) is 6.07 Å². The number of aromatic hydroxyl groups is 1. The Labute approximate surface area is 175 Å². The molecule has 2 aromatic carbocycles. The molecule has 0 aliphatic heterocycles. The molecule has 30 heavy (non-hydrogen) atoms. The van der Waals surface area contributed by atoms with Crippen LogP contribution in [0.4, 0.5) is 9.59 Å². The highest BCUT2D eigenvalue weighted by Gasteiger charge is 2.28. The number of esters is 1. The van der Waals surface area contributed by atoms with Crippen molar-refractivity contribution in [3.63, 3.8) is 0 Å². The number of alkyl carbamates (subject to hydrolysis) is 1. The Kier molecular flexibility index (Phi) is 7.41. The van der Waals surface area contributed by atoms with Crippen LogP contribution in [0.25, 0.3) is 0 Å². The molecule has 0 bridgehead atoms. The van der Waals surface area contributed by atoms with Crippen LogP contribution < -0.4 is 11.1 Å². The van der Waals surface area contributed by atoms with Gasteiger partial charge in [-0.25, -0.2) is 14.4 Å². The monoisotopic (exact) mass is 414 g/mol. The standard InChI is InChI=1S/C22H26N2O6/c1-22(2,3)30-21(28)24-18(19(26)29-20(23)27)13-15-9-10-17(25)12-16(15)11-14-7-5-4-6-8-14/h4-10,12,18,25H,11,13H2,1-3H3,(H2,23,27)(H,24,28)/t18-/m0/s1. The average Bonchev–Trinajstić information content (AvgIpc) is 2.62. The average molecular weight is 414 g/mol.